The fraction of sp³-hybridized carbons (Fsp3) is 0.474. The summed E-state index contributed by atoms with van der Waals surface area (Å²) in [4.78, 5) is 0. The van der Waals surface area contributed by atoms with Crippen LogP contribution in [0.2, 0.25) is 0 Å². The highest BCUT2D eigenvalue weighted by Gasteiger charge is 2.61. The van der Waals surface area contributed by atoms with Gasteiger partial charge in [-0.05, 0) is 43.5 Å². The number of nitrogens with one attached hydrogen (secondary N) is 1. The molecule has 0 amide bonds. The largest absolute Gasteiger partial charge is 0.497 e. The topological polar surface area (TPSA) is 39.7 Å². The van der Waals surface area contributed by atoms with Gasteiger partial charge in [-0.25, -0.2) is 0 Å². The van der Waals surface area contributed by atoms with E-state index in [0.717, 1.165) is 30.1 Å². The molecule has 1 N–H and O–H groups in total. The van der Waals surface area contributed by atoms with Crippen LogP contribution in [0.4, 0.5) is 0 Å². The van der Waals surface area contributed by atoms with Crippen LogP contribution < -0.4 is 14.8 Å². The van der Waals surface area contributed by atoms with Crippen LogP contribution in [-0.2, 0) is 16.6 Å². The van der Waals surface area contributed by atoms with Gasteiger partial charge in [0.25, 0.3) is 0 Å². The van der Waals surface area contributed by atoms with Crippen LogP contribution in [0.5, 0.6) is 11.5 Å². The molecule has 0 bridgehead atoms. The molecule has 0 unspecified atom stereocenters. The van der Waals surface area contributed by atoms with Crippen molar-refractivity contribution < 1.29 is 14.2 Å². The Bertz CT molecular complexity index is 696. The van der Waals surface area contributed by atoms with E-state index in [1.54, 1.807) is 14.2 Å². The summed E-state index contributed by atoms with van der Waals surface area (Å²) in [5.41, 5.74) is 2.30. The molecule has 4 rings (SSSR count). The second kappa shape index (κ2) is 5.03. The maximum absolute atomic E-state index is 6.40. The van der Waals surface area contributed by atoms with E-state index in [4.69, 9.17) is 14.2 Å². The summed E-state index contributed by atoms with van der Waals surface area (Å²) in [5.74, 6) is 2.94. The number of hydrogen-bond donors (Lipinski definition) is 1. The number of likely N-dealkylation sites (N-methyl/N-ethyl adjacent to an activating group) is 1. The maximum Gasteiger partial charge on any atom is 0.169 e. The Labute approximate surface area is 137 Å². The molecule has 0 aromatic heterocycles. The van der Waals surface area contributed by atoms with E-state index in [1.165, 1.54) is 11.1 Å². The predicted molar refractivity (Wildman–Crippen MR) is 89.0 cm³/mol. The predicted octanol–water partition coefficient (Wildman–Crippen LogP) is 2.57. The van der Waals surface area contributed by atoms with Gasteiger partial charge in [0.2, 0.25) is 0 Å². The number of methoxy groups -OCH3 is 2. The van der Waals surface area contributed by atoms with Crippen LogP contribution in [0.25, 0.3) is 0 Å². The third-order valence-corrected chi connectivity index (χ3v) is 5.85. The molecule has 3 aliphatic rings. The first-order valence-corrected chi connectivity index (χ1v) is 8.13. The Morgan fingerprint density at radius 3 is 2.83 bits per heavy atom. The molecule has 4 heteroatoms. The Morgan fingerprint density at radius 2 is 2.17 bits per heavy atom. The molecule has 23 heavy (non-hydrogen) atoms. The van der Waals surface area contributed by atoms with E-state index in [0.29, 0.717) is 12.0 Å². The quantitative estimate of drug-likeness (QED) is 0.867. The summed E-state index contributed by atoms with van der Waals surface area (Å²) in [6, 6.07) is 4.56. The summed E-state index contributed by atoms with van der Waals surface area (Å²) in [7, 11) is 5.44. The van der Waals surface area contributed by atoms with Gasteiger partial charge in [0.05, 0.1) is 19.6 Å². The van der Waals surface area contributed by atoms with E-state index >= 15 is 0 Å². The zero-order chi connectivity index (χ0) is 16.2. The first-order valence-electron chi connectivity index (χ1n) is 8.13. The summed E-state index contributed by atoms with van der Waals surface area (Å²) < 4.78 is 17.6. The van der Waals surface area contributed by atoms with Crippen molar-refractivity contribution in [3.63, 3.8) is 0 Å². The molecule has 0 spiro atoms. The number of hydrogen-bond acceptors (Lipinski definition) is 4. The van der Waals surface area contributed by atoms with Crippen LogP contribution >= 0.6 is 0 Å². The van der Waals surface area contributed by atoms with Crippen LogP contribution in [-0.4, -0.2) is 33.4 Å². The van der Waals surface area contributed by atoms with Crippen molar-refractivity contribution in [3.05, 3.63) is 47.7 Å². The van der Waals surface area contributed by atoms with Gasteiger partial charge in [-0.1, -0.05) is 12.1 Å². The third-order valence-electron chi connectivity index (χ3n) is 5.85. The molecule has 0 radical (unpaired) electrons. The molecule has 2 aliphatic carbocycles. The van der Waals surface area contributed by atoms with Crippen LogP contribution in [0.3, 0.4) is 0 Å². The van der Waals surface area contributed by atoms with Gasteiger partial charge in [0, 0.05) is 11.6 Å². The second-order valence-corrected chi connectivity index (χ2v) is 6.52. The van der Waals surface area contributed by atoms with Gasteiger partial charge >= 0.3 is 0 Å². The summed E-state index contributed by atoms with van der Waals surface area (Å²) in [5, 5.41) is 3.50. The molecule has 122 valence electrons. The van der Waals surface area contributed by atoms with E-state index in [-0.39, 0.29) is 11.5 Å². The van der Waals surface area contributed by atoms with Gasteiger partial charge in [0.1, 0.15) is 5.76 Å². The lowest BCUT2D eigenvalue weighted by Crippen LogP contribution is -2.57. The van der Waals surface area contributed by atoms with E-state index < -0.39 is 0 Å². The van der Waals surface area contributed by atoms with Crippen LogP contribution in [0.15, 0.2) is 36.6 Å². The minimum absolute atomic E-state index is 0.162. The molecular weight excluding hydrogens is 290 g/mol. The van der Waals surface area contributed by atoms with Crippen molar-refractivity contribution in [2.24, 2.45) is 5.92 Å². The van der Waals surface area contributed by atoms with Crippen molar-refractivity contribution >= 4 is 0 Å². The Kier molecular flexibility index (Phi) is 3.20. The lowest BCUT2D eigenvalue weighted by Gasteiger charge is -2.48. The molecule has 0 saturated heterocycles. The maximum atomic E-state index is 6.40. The summed E-state index contributed by atoms with van der Waals surface area (Å²) >= 11 is 0. The highest BCUT2D eigenvalue weighted by Crippen LogP contribution is 2.60. The normalized spacial score (nSPS) is 33.3. The zero-order valence-corrected chi connectivity index (χ0v) is 13.9. The van der Waals surface area contributed by atoms with E-state index in [9.17, 15) is 0 Å². The molecule has 1 aromatic carbocycles. The van der Waals surface area contributed by atoms with Crippen LogP contribution in [0, 0.1) is 5.92 Å². The molecule has 0 saturated carbocycles. The molecule has 1 aromatic rings. The first kappa shape index (κ1) is 14.6. The van der Waals surface area contributed by atoms with Crippen molar-refractivity contribution in [3.8, 4) is 11.5 Å². The Morgan fingerprint density at radius 1 is 1.35 bits per heavy atom. The average molecular weight is 313 g/mol. The standard InChI is InChI=1S/C19H23NO3/c1-5-19-12-7-9-15(22-4)18(19)23-17-14(21-3)8-6-11(16(17)19)10-13(12)20-2/h5-6,8-9,12-13,18,20H,1,7,10H2,2-4H3/t12-,13+,18+,19-/m1/s1. The monoisotopic (exact) mass is 313 g/mol. The van der Waals surface area contributed by atoms with Crippen molar-refractivity contribution in [2.75, 3.05) is 21.3 Å². The third kappa shape index (κ3) is 1.65. The van der Waals surface area contributed by atoms with Gasteiger partial charge in [-0.2, -0.15) is 0 Å². The van der Waals surface area contributed by atoms with Crippen LogP contribution in [0.1, 0.15) is 17.5 Å². The molecule has 0 fully saturated rings. The molecular formula is C19H23NO3. The molecule has 1 heterocycles. The molecule has 4 nitrogen and oxygen atoms in total. The van der Waals surface area contributed by atoms with Crippen molar-refractivity contribution in [1.82, 2.24) is 5.32 Å². The highest BCUT2D eigenvalue weighted by atomic mass is 16.6. The second-order valence-electron chi connectivity index (χ2n) is 6.52. The molecule has 1 aliphatic heterocycles. The minimum atomic E-state index is -0.259. The first-order chi connectivity index (χ1) is 11.2. The van der Waals surface area contributed by atoms with Crippen molar-refractivity contribution in [2.45, 2.75) is 30.4 Å². The Hall–Kier alpha value is -1.94. The van der Waals surface area contributed by atoms with E-state index in [2.05, 4.69) is 30.1 Å². The van der Waals surface area contributed by atoms with E-state index in [1.807, 2.05) is 13.1 Å². The smallest absolute Gasteiger partial charge is 0.169 e. The minimum Gasteiger partial charge on any atom is -0.497 e. The molecule has 4 atom stereocenters. The summed E-state index contributed by atoms with van der Waals surface area (Å²) in [6.45, 7) is 4.20. The number of ether oxygens (including phenoxy) is 3. The average Bonchev–Trinajstić information content (AvgIpc) is 2.96. The lowest BCUT2D eigenvalue weighted by molar-refractivity contribution is 0.0677. The number of rotatable bonds is 4. The van der Waals surface area contributed by atoms with Gasteiger partial charge in [-0.3, -0.25) is 0 Å². The highest BCUT2D eigenvalue weighted by molar-refractivity contribution is 5.63. The number of allylic oxidation sites excluding steroid dienone is 1. The fourth-order valence-corrected chi connectivity index (χ4v) is 4.82. The SMILES string of the molecule is C=C[C@@]12c3c4ccc(OC)c3O[C@H]1C(OC)=CC[C@@H]2[C@@H](NC)C4. The van der Waals surface area contributed by atoms with Gasteiger partial charge in [-0.15, -0.1) is 6.58 Å². The summed E-state index contributed by atoms with van der Waals surface area (Å²) in [6.07, 6.45) is 6.04. The van der Waals surface area contributed by atoms with Crippen molar-refractivity contribution in [1.29, 1.82) is 0 Å². The number of benzene rings is 1. The Balaban J connectivity index is 2.02. The van der Waals surface area contributed by atoms with Gasteiger partial charge in [0.15, 0.2) is 17.6 Å². The fourth-order valence-electron chi connectivity index (χ4n) is 4.82. The van der Waals surface area contributed by atoms with Gasteiger partial charge < -0.3 is 19.5 Å². The lowest BCUT2D eigenvalue weighted by atomic mass is 9.56. The zero-order valence-electron chi connectivity index (χ0n) is 13.9.